The van der Waals surface area contributed by atoms with E-state index in [1.165, 1.54) is 4.57 Å². The number of hydrogen-bond donors (Lipinski definition) is 1. The van der Waals surface area contributed by atoms with E-state index in [9.17, 15) is 9.59 Å². The van der Waals surface area contributed by atoms with Crippen LogP contribution in [0.25, 0.3) is 0 Å². The summed E-state index contributed by atoms with van der Waals surface area (Å²) >= 11 is 0. The molecule has 0 fully saturated rings. The number of benzene rings is 2. The fourth-order valence-corrected chi connectivity index (χ4v) is 3.44. The molecule has 0 bridgehead atoms. The number of carbonyl (C=O) groups is 1. The van der Waals surface area contributed by atoms with Crippen molar-refractivity contribution in [3.63, 3.8) is 0 Å². The lowest BCUT2D eigenvalue weighted by atomic mass is 10.2. The number of nitrogens with one attached hydrogen (secondary N) is 1. The Balaban J connectivity index is 1.50. The smallest absolute Gasteiger partial charge is 0.286 e. The second-order valence-electron chi connectivity index (χ2n) is 6.92. The third-order valence-corrected chi connectivity index (χ3v) is 4.98. The van der Waals surface area contributed by atoms with Gasteiger partial charge in [-0.1, -0.05) is 12.1 Å². The van der Waals surface area contributed by atoms with Crippen molar-refractivity contribution in [1.82, 2.24) is 20.1 Å². The van der Waals surface area contributed by atoms with Crippen LogP contribution in [0.2, 0.25) is 0 Å². The van der Waals surface area contributed by atoms with Gasteiger partial charge >= 0.3 is 0 Å². The van der Waals surface area contributed by atoms with Crippen molar-refractivity contribution in [3.05, 3.63) is 70.1 Å². The van der Waals surface area contributed by atoms with Crippen molar-refractivity contribution in [3.8, 4) is 11.5 Å². The number of methoxy groups -OCH3 is 1. The summed E-state index contributed by atoms with van der Waals surface area (Å²) in [6.07, 6.45) is 0. The summed E-state index contributed by atoms with van der Waals surface area (Å²) in [5.41, 5.74) is 1.05. The van der Waals surface area contributed by atoms with Gasteiger partial charge in [-0.15, -0.1) is 10.2 Å². The van der Waals surface area contributed by atoms with Crippen LogP contribution in [0.15, 0.2) is 53.3 Å². The van der Waals surface area contributed by atoms with Crippen molar-refractivity contribution < 1.29 is 14.3 Å². The van der Waals surface area contributed by atoms with Crippen molar-refractivity contribution in [2.45, 2.75) is 20.0 Å². The predicted molar refractivity (Wildman–Crippen MR) is 115 cm³/mol. The number of anilines is 2. The molecule has 9 heteroatoms. The van der Waals surface area contributed by atoms with Gasteiger partial charge < -0.3 is 19.7 Å². The first-order valence-corrected chi connectivity index (χ1v) is 9.99. The molecular formula is C22H23N5O4. The zero-order chi connectivity index (χ0) is 21.8. The first kappa shape index (κ1) is 20.4. The second-order valence-corrected chi connectivity index (χ2v) is 6.92. The monoisotopic (exact) mass is 421 g/mol. The summed E-state index contributed by atoms with van der Waals surface area (Å²) in [5.74, 6) is 1.32. The molecule has 1 aliphatic heterocycles. The van der Waals surface area contributed by atoms with Gasteiger partial charge in [0.1, 0.15) is 11.5 Å². The minimum atomic E-state index is -0.560. The SMILES string of the molecule is CCOc1ccc(N2CCn3c2nnc(C(=O)NCc2cccc(OC)c2)c3=O)cc1. The van der Waals surface area contributed by atoms with Gasteiger partial charge in [0.05, 0.1) is 13.7 Å². The van der Waals surface area contributed by atoms with Gasteiger partial charge in [-0.25, -0.2) is 0 Å². The highest BCUT2D eigenvalue weighted by molar-refractivity contribution is 5.91. The molecule has 0 unspecified atom stereocenters. The van der Waals surface area contributed by atoms with E-state index in [0.29, 0.717) is 31.4 Å². The molecule has 3 aromatic rings. The summed E-state index contributed by atoms with van der Waals surface area (Å²) in [4.78, 5) is 27.3. The zero-order valence-electron chi connectivity index (χ0n) is 17.4. The normalized spacial score (nSPS) is 12.4. The fraction of sp³-hybridized carbons (Fsp3) is 0.273. The fourth-order valence-electron chi connectivity index (χ4n) is 3.44. The molecule has 1 N–H and O–H groups in total. The molecule has 0 spiro atoms. The van der Waals surface area contributed by atoms with Gasteiger partial charge in [-0.05, 0) is 48.9 Å². The highest BCUT2D eigenvalue weighted by Crippen LogP contribution is 2.28. The molecular weight excluding hydrogens is 398 g/mol. The Labute approximate surface area is 179 Å². The van der Waals surface area contributed by atoms with Gasteiger partial charge in [0.25, 0.3) is 11.5 Å². The highest BCUT2D eigenvalue weighted by Gasteiger charge is 2.27. The van der Waals surface area contributed by atoms with E-state index in [2.05, 4.69) is 15.5 Å². The molecule has 4 rings (SSSR count). The summed E-state index contributed by atoms with van der Waals surface area (Å²) in [7, 11) is 1.58. The first-order valence-electron chi connectivity index (χ1n) is 9.99. The number of amides is 1. The molecule has 0 atom stereocenters. The van der Waals surface area contributed by atoms with Crippen molar-refractivity contribution in [2.75, 3.05) is 25.2 Å². The molecule has 2 aromatic carbocycles. The number of hydrogen-bond acceptors (Lipinski definition) is 7. The molecule has 160 valence electrons. The molecule has 1 aromatic heterocycles. The van der Waals surface area contributed by atoms with Crippen LogP contribution >= 0.6 is 0 Å². The van der Waals surface area contributed by atoms with Crippen LogP contribution in [0.4, 0.5) is 11.6 Å². The summed E-state index contributed by atoms with van der Waals surface area (Å²) in [6, 6.07) is 14.9. The molecule has 0 saturated heterocycles. The minimum absolute atomic E-state index is 0.222. The molecule has 0 radical (unpaired) electrons. The Bertz CT molecular complexity index is 1140. The lowest BCUT2D eigenvalue weighted by Crippen LogP contribution is -2.34. The molecule has 0 saturated carbocycles. The van der Waals surface area contributed by atoms with Crippen LogP contribution in [0.5, 0.6) is 11.5 Å². The maximum atomic E-state index is 12.9. The van der Waals surface area contributed by atoms with Crippen molar-refractivity contribution in [2.24, 2.45) is 0 Å². The van der Waals surface area contributed by atoms with Gasteiger partial charge in [-0.2, -0.15) is 0 Å². The van der Waals surface area contributed by atoms with Gasteiger partial charge in [0.15, 0.2) is 0 Å². The van der Waals surface area contributed by atoms with Crippen molar-refractivity contribution >= 4 is 17.5 Å². The number of aromatic nitrogens is 3. The van der Waals surface area contributed by atoms with E-state index < -0.39 is 11.5 Å². The Morgan fingerprint density at radius 3 is 2.65 bits per heavy atom. The Morgan fingerprint density at radius 1 is 1.10 bits per heavy atom. The van der Waals surface area contributed by atoms with E-state index in [1.807, 2.05) is 60.4 Å². The van der Waals surface area contributed by atoms with Crippen LogP contribution in [0, 0.1) is 0 Å². The van der Waals surface area contributed by atoms with E-state index in [-0.39, 0.29) is 12.2 Å². The van der Waals surface area contributed by atoms with E-state index in [0.717, 1.165) is 17.0 Å². The van der Waals surface area contributed by atoms with Crippen LogP contribution in [0.1, 0.15) is 23.0 Å². The topological polar surface area (TPSA) is 98.6 Å². The molecule has 31 heavy (non-hydrogen) atoms. The number of ether oxygens (including phenoxy) is 2. The van der Waals surface area contributed by atoms with Gasteiger partial charge in [-0.3, -0.25) is 14.2 Å². The summed E-state index contributed by atoms with van der Waals surface area (Å²) in [5, 5.41) is 10.8. The Kier molecular flexibility index (Phi) is 5.83. The van der Waals surface area contributed by atoms with E-state index in [4.69, 9.17) is 9.47 Å². The minimum Gasteiger partial charge on any atom is -0.497 e. The second kappa shape index (κ2) is 8.86. The molecule has 1 amide bonds. The van der Waals surface area contributed by atoms with Crippen molar-refractivity contribution in [1.29, 1.82) is 0 Å². The van der Waals surface area contributed by atoms with Crippen LogP contribution in [-0.2, 0) is 13.1 Å². The van der Waals surface area contributed by atoms with E-state index >= 15 is 0 Å². The molecule has 9 nitrogen and oxygen atoms in total. The zero-order valence-corrected chi connectivity index (χ0v) is 17.4. The molecule has 2 heterocycles. The summed E-state index contributed by atoms with van der Waals surface area (Å²) in [6.45, 7) is 3.75. The lowest BCUT2D eigenvalue weighted by molar-refractivity contribution is 0.0942. The Morgan fingerprint density at radius 2 is 1.90 bits per heavy atom. The van der Waals surface area contributed by atoms with Crippen LogP contribution in [-0.4, -0.2) is 40.9 Å². The lowest BCUT2D eigenvalue weighted by Gasteiger charge is -2.17. The number of carbonyl (C=O) groups excluding carboxylic acids is 1. The largest absolute Gasteiger partial charge is 0.497 e. The average Bonchev–Trinajstić information content (AvgIpc) is 3.24. The average molecular weight is 421 g/mol. The number of rotatable bonds is 7. The van der Waals surface area contributed by atoms with Crippen LogP contribution in [0.3, 0.4) is 0 Å². The van der Waals surface area contributed by atoms with Gasteiger partial charge in [0.2, 0.25) is 11.6 Å². The summed E-state index contributed by atoms with van der Waals surface area (Å²) < 4.78 is 12.1. The molecule has 1 aliphatic rings. The first-order chi connectivity index (χ1) is 15.1. The van der Waals surface area contributed by atoms with Crippen LogP contribution < -0.4 is 25.2 Å². The van der Waals surface area contributed by atoms with E-state index in [1.54, 1.807) is 7.11 Å². The molecule has 0 aliphatic carbocycles. The highest BCUT2D eigenvalue weighted by atomic mass is 16.5. The number of nitrogens with zero attached hydrogens (tertiary/aromatic N) is 4. The maximum Gasteiger partial charge on any atom is 0.286 e. The third-order valence-electron chi connectivity index (χ3n) is 4.98. The number of fused-ring (bicyclic) bond motifs is 1. The maximum absolute atomic E-state index is 12.9. The quantitative estimate of drug-likeness (QED) is 0.624. The Hall–Kier alpha value is -3.88. The third kappa shape index (κ3) is 4.20. The standard InChI is InChI=1S/C22H23N5O4/c1-3-31-17-9-7-16(8-10-17)26-11-12-27-21(29)19(24-25-22(26)27)20(28)23-14-15-5-4-6-18(13-15)30-2/h4-10,13H,3,11-12,14H2,1-2H3,(H,23,28). The van der Waals surface area contributed by atoms with Gasteiger partial charge in [0, 0.05) is 25.3 Å². The predicted octanol–water partition coefficient (Wildman–Crippen LogP) is 2.13.